The number of nitro groups is 1. The van der Waals surface area contributed by atoms with Crippen molar-refractivity contribution in [1.29, 1.82) is 0 Å². The van der Waals surface area contributed by atoms with Gasteiger partial charge in [-0.15, -0.1) is 34.8 Å². The van der Waals surface area contributed by atoms with Crippen molar-refractivity contribution >= 4 is 34.8 Å². The molecule has 0 heterocycles. The summed E-state index contributed by atoms with van der Waals surface area (Å²) in [5.74, 6) is 1.37. The highest BCUT2D eigenvalue weighted by atomic mass is 35.5. The number of rotatable bonds is 10. The summed E-state index contributed by atoms with van der Waals surface area (Å²) < 4.78 is 0. The number of alkyl halides is 3. The average molecular weight is 291 g/mol. The second kappa shape index (κ2) is 9.32. The van der Waals surface area contributed by atoms with E-state index in [1.807, 2.05) is 0 Å². The molecule has 0 aromatic carbocycles. The number of hydrogen-bond donors (Lipinski definition) is 0. The van der Waals surface area contributed by atoms with Crippen LogP contribution < -0.4 is 0 Å². The van der Waals surface area contributed by atoms with Gasteiger partial charge in [0.25, 0.3) is 0 Å². The Labute approximate surface area is 112 Å². The average Bonchev–Trinajstić information content (AvgIpc) is 2.28. The van der Waals surface area contributed by atoms with Crippen LogP contribution in [0, 0.1) is 10.1 Å². The number of nitrogens with zero attached hydrogens (tertiary/aromatic N) is 1. The molecule has 0 aromatic heterocycles. The lowest BCUT2D eigenvalue weighted by Crippen LogP contribution is -2.38. The van der Waals surface area contributed by atoms with Crippen molar-refractivity contribution < 1.29 is 4.92 Å². The first kappa shape index (κ1) is 16.3. The van der Waals surface area contributed by atoms with Gasteiger partial charge in [0.2, 0.25) is 5.54 Å². The van der Waals surface area contributed by atoms with E-state index < -0.39 is 5.54 Å². The lowest BCUT2D eigenvalue weighted by Gasteiger charge is -2.24. The minimum atomic E-state index is -0.876. The monoisotopic (exact) mass is 289 g/mol. The van der Waals surface area contributed by atoms with Crippen LogP contribution in [0.1, 0.15) is 38.5 Å². The van der Waals surface area contributed by atoms with E-state index in [9.17, 15) is 10.1 Å². The van der Waals surface area contributed by atoms with Crippen molar-refractivity contribution in [3.63, 3.8) is 0 Å². The molecule has 0 aromatic rings. The predicted octanol–water partition coefficient (Wildman–Crippen LogP) is 4.06. The van der Waals surface area contributed by atoms with Gasteiger partial charge in [-0.1, -0.05) is 0 Å². The van der Waals surface area contributed by atoms with Gasteiger partial charge in [-0.3, -0.25) is 10.1 Å². The zero-order valence-electron chi connectivity index (χ0n) is 9.26. The topological polar surface area (TPSA) is 43.1 Å². The first-order chi connectivity index (χ1) is 7.63. The third kappa shape index (κ3) is 5.55. The largest absolute Gasteiger partial charge is 0.264 e. The minimum Gasteiger partial charge on any atom is -0.264 e. The molecule has 6 heteroatoms. The second-order valence-electron chi connectivity index (χ2n) is 3.86. The van der Waals surface area contributed by atoms with E-state index in [0.717, 1.165) is 0 Å². The van der Waals surface area contributed by atoms with Crippen LogP contribution in [0.15, 0.2) is 0 Å². The van der Waals surface area contributed by atoms with E-state index >= 15 is 0 Å². The zero-order valence-corrected chi connectivity index (χ0v) is 11.5. The highest BCUT2D eigenvalue weighted by Gasteiger charge is 2.40. The molecule has 0 atom stereocenters. The van der Waals surface area contributed by atoms with Gasteiger partial charge in [-0.2, -0.15) is 0 Å². The quantitative estimate of drug-likeness (QED) is 0.346. The highest BCUT2D eigenvalue weighted by molar-refractivity contribution is 6.18. The van der Waals surface area contributed by atoms with Crippen LogP contribution in [0.25, 0.3) is 0 Å². The van der Waals surface area contributed by atoms with E-state index in [-0.39, 0.29) is 4.92 Å². The molecule has 0 amide bonds. The third-order valence-corrected chi connectivity index (χ3v) is 3.52. The van der Waals surface area contributed by atoms with Crippen molar-refractivity contribution in [2.75, 3.05) is 17.6 Å². The summed E-state index contributed by atoms with van der Waals surface area (Å²) in [4.78, 5) is 11.0. The summed E-state index contributed by atoms with van der Waals surface area (Å²) in [6, 6.07) is 0. The van der Waals surface area contributed by atoms with Crippen molar-refractivity contribution in [2.24, 2.45) is 0 Å². The Bertz CT molecular complexity index is 181. The van der Waals surface area contributed by atoms with E-state index in [1.165, 1.54) is 0 Å². The predicted molar refractivity (Wildman–Crippen MR) is 69.6 cm³/mol. The Morgan fingerprint density at radius 2 is 1.19 bits per heavy atom. The van der Waals surface area contributed by atoms with Crippen LogP contribution in [0.4, 0.5) is 0 Å². The van der Waals surface area contributed by atoms with Crippen molar-refractivity contribution in [2.45, 2.75) is 44.1 Å². The zero-order chi connectivity index (χ0) is 12.4. The maximum Gasteiger partial charge on any atom is 0.222 e. The fraction of sp³-hybridized carbons (Fsp3) is 1.00. The first-order valence-electron chi connectivity index (χ1n) is 5.45. The van der Waals surface area contributed by atoms with E-state index in [0.29, 0.717) is 56.2 Å². The Morgan fingerprint density at radius 3 is 1.38 bits per heavy atom. The van der Waals surface area contributed by atoms with Crippen molar-refractivity contribution in [1.82, 2.24) is 0 Å². The minimum absolute atomic E-state index is 0.168. The molecule has 0 aliphatic rings. The van der Waals surface area contributed by atoms with Crippen LogP contribution >= 0.6 is 34.8 Å². The standard InChI is InChI=1S/C10H18Cl3NO2/c11-7-1-4-10(14(15)16,5-2-8-12)6-3-9-13/h1-9H2. The third-order valence-electron chi connectivity index (χ3n) is 2.71. The molecule has 0 aliphatic heterocycles. The Morgan fingerprint density at radius 1 is 0.875 bits per heavy atom. The van der Waals surface area contributed by atoms with E-state index in [4.69, 9.17) is 34.8 Å². The molecular formula is C10H18Cl3NO2. The fourth-order valence-electron chi connectivity index (χ4n) is 1.84. The molecule has 96 valence electrons. The molecule has 0 saturated heterocycles. The summed E-state index contributed by atoms with van der Waals surface area (Å²) in [5.41, 5.74) is -0.876. The summed E-state index contributed by atoms with van der Waals surface area (Å²) in [6.45, 7) is 0. The van der Waals surface area contributed by atoms with Gasteiger partial charge >= 0.3 is 0 Å². The van der Waals surface area contributed by atoms with Gasteiger partial charge in [-0.05, 0) is 19.3 Å². The molecule has 0 rings (SSSR count). The second-order valence-corrected chi connectivity index (χ2v) is 4.99. The van der Waals surface area contributed by atoms with Gasteiger partial charge in [-0.25, -0.2) is 0 Å². The molecule has 0 N–H and O–H groups in total. The molecular weight excluding hydrogens is 272 g/mol. The number of hydrogen-bond acceptors (Lipinski definition) is 2. The molecule has 16 heavy (non-hydrogen) atoms. The maximum absolute atomic E-state index is 11.2. The summed E-state index contributed by atoms with van der Waals surface area (Å²) >= 11 is 16.8. The smallest absolute Gasteiger partial charge is 0.222 e. The number of halogens is 3. The Kier molecular flexibility index (Phi) is 9.47. The molecule has 0 unspecified atom stereocenters. The normalized spacial score (nSPS) is 11.7. The highest BCUT2D eigenvalue weighted by Crippen LogP contribution is 2.29. The lowest BCUT2D eigenvalue weighted by molar-refractivity contribution is -0.574. The van der Waals surface area contributed by atoms with Crippen LogP contribution in [0.5, 0.6) is 0 Å². The van der Waals surface area contributed by atoms with Gasteiger partial charge in [0.1, 0.15) is 0 Å². The Hall–Kier alpha value is 0.270. The molecule has 3 nitrogen and oxygen atoms in total. The van der Waals surface area contributed by atoms with Crippen molar-refractivity contribution in [3.8, 4) is 0 Å². The molecule has 0 radical (unpaired) electrons. The van der Waals surface area contributed by atoms with Crippen LogP contribution in [0.3, 0.4) is 0 Å². The molecule has 0 saturated carbocycles. The maximum atomic E-state index is 11.2. The molecule has 0 aliphatic carbocycles. The van der Waals surface area contributed by atoms with E-state index in [2.05, 4.69) is 0 Å². The van der Waals surface area contributed by atoms with Gasteiger partial charge in [0.05, 0.1) is 0 Å². The molecule has 0 spiro atoms. The summed E-state index contributed by atoms with van der Waals surface area (Å²) in [6.07, 6.45) is 3.51. The van der Waals surface area contributed by atoms with Crippen LogP contribution in [-0.4, -0.2) is 28.1 Å². The van der Waals surface area contributed by atoms with E-state index in [1.54, 1.807) is 0 Å². The fourth-order valence-corrected chi connectivity index (χ4v) is 2.24. The lowest BCUT2D eigenvalue weighted by atomic mass is 9.85. The summed E-state index contributed by atoms with van der Waals surface area (Å²) in [7, 11) is 0. The Balaban J connectivity index is 4.52. The molecule has 0 fully saturated rings. The first-order valence-corrected chi connectivity index (χ1v) is 7.05. The molecule has 0 bridgehead atoms. The van der Waals surface area contributed by atoms with Gasteiger partial charge < -0.3 is 0 Å². The SMILES string of the molecule is O=[N+]([O-])C(CCCCl)(CCCCl)CCCCl. The van der Waals surface area contributed by atoms with Crippen molar-refractivity contribution in [3.05, 3.63) is 10.1 Å². The summed E-state index contributed by atoms with van der Waals surface area (Å²) in [5, 5.41) is 11.2. The van der Waals surface area contributed by atoms with Crippen LogP contribution in [0.2, 0.25) is 0 Å². The van der Waals surface area contributed by atoms with Gasteiger partial charge in [0, 0.05) is 41.8 Å². The van der Waals surface area contributed by atoms with Gasteiger partial charge in [0.15, 0.2) is 0 Å². The van der Waals surface area contributed by atoms with Crippen LogP contribution in [-0.2, 0) is 0 Å².